The van der Waals surface area contributed by atoms with Crippen LogP contribution >= 0.6 is 0 Å². The fourth-order valence-corrected chi connectivity index (χ4v) is 1.44. The summed E-state index contributed by atoms with van der Waals surface area (Å²) in [4.78, 5) is 0. The van der Waals surface area contributed by atoms with E-state index in [9.17, 15) is 0 Å². The first-order valence-corrected chi connectivity index (χ1v) is 5.58. The van der Waals surface area contributed by atoms with Crippen molar-refractivity contribution in [2.75, 3.05) is 13.2 Å². The van der Waals surface area contributed by atoms with E-state index >= 15 is 0 Å². The molecule has 0 radical (unpaired) electrons. The molecule has 0 aliphatic carbocycles. The van der Waals surface area contributed by atoms with Gasteiger partial charge in [0.2, 0.25) is 0 Å². The Kier molecular flexibility index (Phi) is 5.46. The average Bonchev–Trinajstić information content (AvgIpc) is 2.26. The maximum absolute atomic E-state index is 9.15. The minimum absolute atomic E-state index is 0.0272. The number of rotatable bonds is 6. The quantitative estimate of drug-likeness (QED) is 0.765. The van der Waals surface area contributed by atoms with Crippen LogP contribution in [0.2, 0.25) is 0 Å². The smallest absolute Gasteiger partial charge is 0.0847 e. The van der Waals surface area contributed by atoms with Crippen molar-refractivity contribution in [1.29, 1.82) is 0 Å². The third-order valence-corrected chi connectivity index (χ3v) is 2.36. The Morgan fingerprint density at radius 1 is 1.25 bits per heavy atom. The monoisotopic (exact) mass is 224 g/mol. The van der Waals surface area contributed by atoms with Crippen LogP contribution in [-0.2, 0) is 11.2 Å². The van der Waals surface area contributed by atoms with Crippen molar-refractivity contribution in [3.63, 3.8) is 0 Å². The summed E-state index contributed by atoms with van der Waals surface area (Å²) in [6.45, 7) is 3.94. The molecule has 3 nitrogen and oxygen atoms in total. The summed E-state index contributed by atoms with van der Waals surface area (Å²) in [7, 11) is 0. The van der Waals surface area contributed by atoms with Crippen LogP contribution < -0.4 is 0 Å². The van der Waals surface area contributed by atoms with E-state index in [4.69, 9.17) is 14.9 Å². The van der Waals surface area contributed by atoms with Gasteiger partial charge in [-0.3, -0.25) is 0 Å². The van der Waals surface area contributed by atoms with Crippen molar-refractivity contribution >= 4 is 0 Å². The minimum Gasteiger partial charge on any atom is -0.394 e. The first-order chi connectivity index (χ1) is 7.61. The van der Waals surface area contributed by atoms with E-state index in [0.29, 0.717) is 6.42 Å². The maximum Gasteiger partial charge on any atom is 0.0847 e. The van der Waals surface area contributed by atoms with Gasteiger partial charge in [-0.25, -0.2) is 0 Å². The van der Waals surface area contributed by atoms with E-state index in [1.165, 1.54) is 5.56 Å². The first kappa shape index (κ1) is 13.2. The fourth-order valence-electron chi connectivity index (χ4n) is 1.44. The van der Waals surface area contributed by atoms with Crippen LogP contribution in [-0.4, -0.2) is 35.6 Å². The highest BCUT2D eigenvalue weighted by Gasteiger charge is 2.10. The number of hydrogen-bond acceptors (Lipinski definition) is 3. The molecule has 3 heteroatoms. The van der Waals surface area contributed by atoms with Crippen LogP contribution in [0.15, 0.2) is 24.3 Å². The number of aryl methyl sites for hydroxylation is 1. The maximum atomic E-state index is 9.15. The van der Waals surface area contributed by atoms with Gasteiger partial charge >= 0.3 is 0 Å². The fraction of sp³-hybridized carbons (Fsp3) is 0.538. The second-order valence-corrected chi connectivity index (χ2v) is 4.18. The molecule has 90 valence electrons. The molecule has 2 unspecified atom stereocenters. The molecule has 0 aliphatic heterocycles. The SMILES string of the molecule is Cc1ccc(CC(CO)OCC(C)O)cc1. The lowest BCUT2D eigenvalue weighted by Crippen LogP contribution is -2.24. The zero-order valence-corrected chi connectivity index (χ0v) is 9.89. The van der Waals surface area contributed by atoms with E-state index in [2.05, 4.69) is 0 Å². The average molecular weight is 224 g/mol. The Balaban J connectivity index is 2.46. The second kappa shape index (κ2) is 6.63. The lowest BCUT2D eigenvalue weighted by molar-refractivity contribution is -0.0261. The van der Waals surface area contributed by atoms with Crippen molar-refractivity contribution in [3.05, 3.63) is 35.4 Å². The molecule has 2 N–H and O–H groups in total. The van der Waals surface area contributed by atoms with Crippen molar-refractivity contribution in [1.82, 2.24) is 0 Å². The molecular weight excluding hydrogens is 204 g/mol. The van der Waals surface area contributed by atoms with Gasteiger partial charge < -0.3 is 14.9 Å². The highest BCUT2D eigenvalue weighted by Crippen LogP contribution is 2.08. The van der Waals surface area contributed by atoms with E-state index in [-0.39, 0.29) is 19.3 Å². The lowest BCUT2D eigenvalue weighted by atomic mass is 10.1. The zero-order chi connectivity index (χ0) is 12.0. The molecule has 1 aromatic carbocycles. The molecule has 0 amide bonds. The number of benzene rings is 1. The Bertz CT molecular complexity index is 293. The van der Waals surface area contributed by atoms with Crippen molar-refractivity contribution in [3.8, 4) is 0 Å². The van der Waals surface area contributed by atoms with Crippen LogP contribution in [0, 0.1) is 6.92 Å². The molecule has 0 saturated heterocycles. The molecule has 16 heavy (non-hydrogen) atoms. The Hall–Kier alpha value is -0.900. The van der Waals surface area contributed by atoms with Gasteiger partial charge in [0, 0.05) is 6.42 Å². The molecule has 0 bridgehead atoms. The van der Waals surface area contributed by atoms with E-state index in [1.54, 1.807) is 6.92 Å². The third-order valence-electron chi connectivity index (χ3n) is 2.36. The number of ether oxygens (including phenoxy) is 1. The van der Waals surface area contributed by atoms with Crippen LogP contribution in [0.4, 0.5) is 0 Å². The summed E-state index contributed by atoms with van der Waals surface area (Å²) < 4.78 is 5.39. The van der Waals surface area contributed by atoms with E-state index < -0.39 is 6.10 Å². The summed E-state index contributed by atoms with van der Waals surface area (Å²) >= 11 is 0. The largest absolute Gasteiger partial charge is 0.394 e. The standard InChI is InChI=1S/C13H20O3/c1-10-3-5-12(6-4-10)7-13(8-14)16-9-11(2)15/h3-6,11,13-15H,7-9H2,1-2H3. The molecule has 0 aromatic heterocycles. The predicted octanol–water partition coefficient (Wildman–Crippen LogP) is 1.30. The second-order valence-electron chi connectivity index (χ2n) is 4.18. The molecule has 2 atom stereocenters. The van der Waals surface area contributed by atoms with E-state index in [0.717, 1.165) is 5.56 Å². The minimum atomic E-state index is -0.493. The topological polar surface area (TPSA) is 49.7 Å². The van der Waals surface area contributed by atoms with Crippen molar-refractivity contribution in [2.24, 2.45) is 0 Å². The molecule has 1 rings (SSSR count). The molecule has 0 saturated carbocycles. The number of aliphatic hydroxyl groups excluding tert-OH is 2. The summed E-state index contributed by atoms with van der Waals surface area (Å²) in [6.07, 6.45) is -0.0619. The third kappa shape index (κ3) is 4.75. The van der Waals surface area contributed by atoms with Gasteiger partial charge in [-0.15, -0.1) is 0 Å². The van der Waals surface area contributed by atoms with Gasteiger partial charge in [-0.1, -0.05) is 29.8 Å². The molecule has 0 fully saturated rings. The van der Waals surface area contributed by atoms with Gasteiger partial charge in [-0.05, 0) is 19.4 Å². The summed E-state index contributed by atoms with van der Waals surface area (Å²) in [5.41, 5.74) is 2.35. The molecule has 0 aliphatic rings. The number of aliphatic hydroxyl groups is 2. The molecule has 1 aromatic rings. The number of hydrogen-bond donors (Lipinski definition) is 2. The lowest BCUT2D eigenvalue weighted by Gasteiger charge is -2.16. The van der Waals surface area contributed by atoms with Crippen LogP contribution in [0.3, 0.4) is 0 Å². The summed E-state index contributed by atoms with van der Waals surface area (Å²) in [6, 6.07) is 8.14. The van der Waals surface area contributed by atoms with Gasteiger partial charge in [-0.2, -0.15) is 0 Å². The van der Waals surface area contributed by atoms with Gasteiger partial charge in [0.25, 0.3) is 0 Å². The first-order valence-electron chi connectivity index (χ1n) is 5.58. The van der Waals surface area contributed by atoms with Gasteiger partial charge in [0.15, 0.2) is 0 Å². The van der Waals surface area contributed by atoms with Crippen molar-refractivity contribution in [2.45, 2.75) is 32.5 Å². The molecule has 0 heterocycles. The van der Waals surface area contributed by atoms with Crippen molar-refractivity contribution < 1.29 is 14.9 Å². The van der Waals surface area contributed by atoms with Crippen LogP contribution in [0.25, 0.3) is 0 Å². The summed E-state index contributed by atoms with van der Waals surface area (Å²) in [5, 5.41) is 18.2. The highest BCUT2D eigenvalue weighted by molar-refractivity contribution is 5.21. The van der Waals surface area contributed by atoms with E-state index in [1.807, 2.05) is 31.2 Å². The van der Waals surface area contributed by atoms with Crippen LogP contribution in [0.1, 0.15) is 18.1 Å². The predicted molar refractivity (Wildman–Crippen MR) is 63.4 cm³/mol. The summed E-state index contributed by atoms with van der Waals surface area (Å²) in [5.74, 6) is 0. The Morgan fingerprint density at radius 3 is 2.38 bits per heavy atom. The molecule has 0 spiro atoms. The van der Waals surface area contributed by atoms with Gasteiger partial charge in [0.1, 0.15) is 0 Å². The Morgan fingerprint density at radius 2 is 1.88 bits per heavy atom. The zero-order valence-electron chi connectivity index (χ0n) is 9.89. The molecular formula is C13H20O3. The van der Waals surface area contributed by atoms with Crippen LogP contribution in [0.5, 0.6) is 0 Å². The Labute approximate surface area is 96.7 Å². The van der Waals surface area contributed by atoms with Gasteiger partial charge in [0.05, 0.1) is 25.4 Å². The normalized spacial score (nSPS) is 14.8. The highest BCUT2D eigenvalue weighted by atomic mass is 16.5.